The zero-order chi connectivity index (χ0) is 13.1. The van der Waals surface area contributed by atoms with Crippen LogP contribution in [0.2, 0.25) is 10.0 Å². The second-order valence-electron chi connectivity index (χ2n) is 3.26. The van der Waals surface area contributed by atoms with Crippen LogP contribution in [0.1, 0.15) is 5.56 Å². The van der Waals surface area contributed by atoms with Crippen LogP contribution >= 0.6 is 23.2 Å². The van der Waals surface area contributed by atoms with Crippen LogP contribution in [0.15, 0.2) is 23.6 Å². The predicted molar refractivity (Wildman–Crippen MR) is 69.5 cm³/mol. The highest BCUT2D eigenvalue weighted by molar-refractivity contribution is 6.36. The molecule has 0 unspecified atom stereocenters. The summed E-state index contributed by atoms with van der Waals surface area (Å²) >= 11 is 11.6. The van der Waals surface area contributed by atoms with E-state index in [1.54, 1.807) is 0 Å². The maximum Gasteiger partial charge on any atom is 0.263 e. The van der Waals surface area contributed by atoms with E-state index in [1.165, 1.54) is 24.7 Å². The molecule has 0 aliphatic carbocycles. The van der Waals surface area contributed by atoms with Crippen molar-refractivity contribution in [3.8, 4) is 5.75 Å². The number of aromatic nitrogens is 3. The summed E-state index contributed by atoms with van der Waals surface area (Å²) in [6.45, 7) is 0. The Bertz CT molecular complexity index is 597. The summed E-state index contributed by atoms with van der Waals surface area (Å²) in [5, 5.41) is 21.2. The molecule has 2 aromatic rings. The third kappa shape index (κ3) is 2.63. The lowest BCUT2D eigenvalue weighted by atomic mass is 10.2. The first-order valence-electron chi connectivity index (χ1n) is 4.70. The van der Waals surface area contributed by atoms with Gasteiger partial charge in [-0.15, -0.1) is 10.2 Å². The highest BCUT2D eigenvalue weighted by atomic mass is 35.5. The number of aromatic hydroxyl groups is 1. The van der Waals surface area contributed by atoms with Crippen LogP contribution in [0.3, 0.4) is 0 Å². The van der Waals surface area contributed by atoms with E-state index in [-0.39, 0.29) is 16.7 Å². The molecule has 0 radical (unpaired) electrons. The maximum atomic E-state index is 9.67. The lowest BCUT2D eigenvalue weighted by Gasteiger charge is -2.02. The van der Waals surface area contributed by atoms with Gasteiger partial charge in [-0.3, -0.25) is 0 Å². The molecular weight excluding hydrogens is 279 g/mol. The lowest BCUT2D eigenvalue weighted by Crippen LogP contribution is -2.10. The van der Waals surface area contributed by atoms with E-state index in [2.05, 4.69) is 20.7 Å². The van der Waals surface area contributed by atoms with Crippen molar-refractivity contribution < 1.29 is 5.11 Å². The fourth-order valence-corrected chi connectivity index (χ4v) is 1.68. The molecule has 0 spiro atoms. The Labute approximate surface area is 112 Å². The van der Waals surface area contributed by atoms with Crippen LogP contribution in [0.25, 0.3) is 0 Å². The van der Waals surface area contributed by atoms with E-state index in [4.69, 9.17) is 29.0 Å². The van der Waals surface area contributed by atoms with Gasteiger partial charge in [0.25, 0.3) is 5.95 Å². The van der Waals surface area contributed by atoms with Gasteiger partial charge in [0.15, 0.2) is 0 Å². The molecule has 0 saturated heterocycles. The fourth-order valence-electron chi connectivity index (χ4n) is 1.17. The summed E-state index contributed by atoms with van der Waals surface area (Å²) in [4.78, 5) is 0. The second kappa shape index (κ2) is 5.11. The molecule has 0 aliphatic rings. The van der Waals surface area contributed by atoms with Crippen molar-refractivity contribution in [3.05, 3.63) is 34.1 Å². The average Bonchev–Trinajstić information content (AvgIpc) is 2.71. The molecule has 94 valence electrons. The normalized spacial score (nSPS) is 11.0. The zero-order valence-electron chi connectivity index (χ0n) is 8.88. The topological polar surface area (TPSA) is 101 Å². The summed E-state index contributed by atoms with van der Waals surface area (Å²) in [5.74, 6) is 5.60. The molecule has 1 aromatic heterocycles. The first-order chi connectivity index (χ1) is 8.58. The van der Waals surface area contributed by atoms with E-state index in [1.807, 2.05) is 0 Å². The Morgan fingerprint density at radius 2 is 2.22 bits per heavy atom. The molecule has 1 heterocycles. The van der Waals surface area contributed by atoms with Crippen molar-refractivity contribution in [2.45, 2.75) is 0 Å². The molecule has 9 heteroatoms. The van der Waals surface area contributed by atoms with Gasteiger partial charge in [-0.2, -0.15) is 5.10 Å². The molecule has 18 heavy (non-hydrogen) atoms. The van der Waals surface area contributed by atoms with Crippen LogP contribution < -0.4 is 11.3 Å². The summed E-state index contributed by atoms with van der Waals surface area (Å²) in [6.07, 6.45) is 2.65. The molecule has 1 aromatic carbocycles. The molecule has 4 N–H and O–H groups in total. The molecule has 0 saturated carbocycles. The van der Waals surface area contributed by atoms with Crippen LogP contribution in [-0.4, -0.2) is 26.2 Å². The lowest BCUT2D eigenvalue weighted by molar-refractivity contribution is 0.475. The first-order valence-corrected chi connectivity index (χ1v) is 5.45. The number of phenols is 1. The van der Waals surface area contributed by atoms with Crippen LogP contribution in [0, 0.1) is 0 Å². The number of rotatable bonds is 3. The molecule has 0 amide bonds. The largest absolute Gasteiger partial charge is 0.506 e. The predicted octanol–water partition coefficient (Wildman–Crippen LogP) is 1.45. The molecule has 7 nitrogen and oxygen atoms in total. The highest BCUT2D eigenvalue weighted by Crippen LogP contribution is 2.29. The Morgan fingerprint density at radius 3 is 2.89 bits per heavy atom. The van der Waals surface area contributed by atoms with Crippen LogP contribution in [-0.2, 0) is 0 Å². The van der Waals surface area contributed by atoms with Gasteiger partial charge >= 0.3 is 0 Å². The zero-order valence-corrected chi connectivity index (χ0v) is 10.4. The second-order valence-corrected chi connectivity index (χ2v) is 4.10. The molecular formula is C9H8Cl2N6O. The van der Waals surface area contributed by atoms with Gasteiger partial charge in [0.2, 0.25) is 0 Å². The van der Waals surface area contributed by atoms with Gasteiger partial charge in [0.1, 0.15) is 12.1 Å². The van der Waals surface area contributed by atoms with Crippen LogP contribution in [0.4, 0.5) is 5.95 Å². The molecule has 0 bridgehead atoms. The van der Waals surface area contributed by atoms with Crippen molar-refractivity contribution >= 4 is 35.4 Å². The number of anilines is 1. The molecule has 0 aliphatic heterocycles. The fraction of sp³-hybridized carbons (Fsp3) is 0. The van der Waals surface area contributed by atoms with E-state index in [0.29, 0.717) is 10.6 Å². The van der Waals surface area contributed by atoms with Crippen molar-refractivity contribution in [3.63, 3.8) is 0 Å². The van der Waals surface area contributed by atoms with Gasteiger partial charge in [-0.25, -0.2) is 10.1 Å². The Hall–Kier alpha value is -1.99. The number of hydrogen-bond acceptors (Lipinski definition) is 6. The van der Waals surface area contributed by atoms with Gasteiger partial charge in [0, 0.05) is 10.6 Å². The number of phenolic OH excluding ortho intramolecular Hbond substituents is 1. The summed E-state index contributed by atoms with van der Waals surface area (Å²) in [6, 6.07) is 2.95. The standard InChI is InChI=1S/C9H8Cl2N6O/c10-6-1-5(8(18)7(11)2-6)3-13-15-9-16-14-4-17(9)12/h1-4,18H,12H2,(H,15,16)/b13-3+. The number of nitrogens with one attached hydrogen (secondary N) is 1. The number of hydrazone groups is 1. The van der Waals surface area contributed by atoms with E-state index >= 15 is 0 Å². The smallest absolute Gasteiger partial charge is 0.263 e. The average molecular weight is 287 g/mol. The number of halogens is 2. The Morgan fingerprint density at radius 1 is 1.44 bits per heavy atom. The van der Waals surface area contributed by atoms with Crippen molar-refractivity contribution in [1.29, 1.82) is 0 Å². The quantitative estimate of drug-likeness (QED) is 0.450. The number of benzene rings is 1. The third-order valence-corrected chi connectivity index (χ3v) is 2.51. The van der Waals surface area contributed by atoms with Crippen molar-refractivity contribution in [2.75, 3.05) is 11.3 Å². The minimum atomic E-state index is -0.110. The number of nitrogens with zero attached hydrogens (tertiary/aromatic N) is 4. The number of nitrogens with two attached hydrogens (primary N) is 1. The van der Waals surface area contributed by atoms with Crippen molar-refractivity contribution in [1.82, 2.24) is 14.9 Å². The minimum Gasteiger partial charge on any atom is -0.506 e. The minimum absolute atomic E-state index is 0.110. The maximum absolute atomic E-state index is 9.67. The molecule has 0 atom stereocenters. The van der Waals surface area contributed by atoms with E-state index in [0.717, 1.165) is 4.68 Å². The van der Waals surface area contributed by atoms with Gasteiger partial charge in [-0.1, -0.05) is 23.2 Å². The van der Waals surface area contributed by atoms with Gasteiger partial charge < -0.3 is 10.9 Å². The summed E-state index contributed by atoms with van der Waals surface area (Å²) < 4.78 is 1.15. The highest BCUT2D eigenvalue weighted by Gasteiger charge is 2.06. The Kier molecular flexibility index (Phi) is 3.54. The van der Waals surface area contributed by atoms with E-state index < -0.39 is 0 Å². The first kappa shape index (κ1) is 12.5. The molecule has 2 rings (SSSR count). The van der Waals surface area contributed by atoms with Crippen LogP contribution in [0.5, 0.6) is 5.75 Å². The SMILES string of the molecule is Nn1cnnc1N/N=C/c1cc(Cl)cc(Cl)c1O. The molecule has 0 fully saturated rings. The van der Waals surface area contributed by atoms with Crippen molar-refractivity contribution in [2.24, 2.45) is 5.10 Å². The number of nitrogen functional groups attached to an aromatic ring is 1. The number of hydrogen-bond donors (Lipinski definition) is 3. The third-order valence-electron chi connectivity index (χ3n) is 2.00. The monoisotopic (exact) mass is 286 g/mol. The summed E-state index contributed by atoms with van der Waals surface area (Å²) in [7, 11) is 0. The van der Waals surface area contributed by atoms with Gasteiger partial charge in [0.05, 0.1) is 11.2 Å². The summed E-state index contributed by atoms with van der Waals surface area (Å²) in [5.41, 5.74) is 2.91. The van der Waals surface area contributed by atoms with E-state index in [9.17, 15) is 5.11 Å². The van der Waals surface area contributed by atoms with Gasteiger partial charge in [-0.05, 0) is 12.1 Å². The Balaban J connectivity index is 2.17.